The third-order valence-electron chi connectivity index (χ3n) is 2.05. The normalized spacial score (nSPS) is 12.6. The van der Waals surface area contributed by atoms with Crippen LogP contribution in [-0.4, -0.2) is 44.3 Å². The lowest BCUT2D eigenvalue weighted by Crippen LogP contribution is -2.26. The van der Waals surface area contributed by atoms with Gasteiger partial charge in [0.25, 0.3) is 0 Å². The van der Waals surface area contributed by atoms with Gasteiger partial charge in [-0.25, -0.2) is 14.7 Å². The lowest BCUT2D eigenvalue weighted by molar-refractivity contribution is -0.148. The number of aromatic nitrogens is 3. The Morgan fingerprint density at radius 3 is 2.88 bits per heavy atom. The van der Waals surface area contributed by atoms with Crippen LogP contribution in [0.3, 0.4) is 0 Å². The van der Waals surface area contributed by atoms with Gasteiger partial charge in [-0.3, -0.25) is 4.57 Å². The maximum Gasteiger partial charge on any atom is 0.343 e. The van der Waals surface area contributed by atoms with E-state index in [1.807, 2.05) is 6.92 Å². The van der Waals surface area contributed by atoms with Crippen LogP contribution in [0.4, 0.5) is 0 Å². The van der Waals surface area contributed by atoms with Crippen LogP contribution in [-0.2, 0) is 16.1 Å². The van der Waals surface area contributed by atoms with Crippen molar-refractivity contribution in [3.05, 3.63) is 10.5 Å². The fourth-order valence-electron chi connectivity index (χ4n) is 1.23. The van der Waals surface area contributed by atoms with Crippen LogP contribution in [0.1, 0.15) is 13.8 Å². The van der Waals surface area contributed by atoms with Gasteiger partial charge in [0.05, 0.1) is 0 Å². The SMILES string of the molecule is CCOC(CSc1n[nH]c(=O)n1CC)C(=O)O. The average Bonchev–Trinajstić information content (AvgIpc) is 2.64. The number of H-pyrrole nitrogens is 1. The molecule has 0 radical (unpaired) electrons. The van der Waals surface area contributed by atoms with Gasteiger partial charge >= 0.3 is 11.7 Å². The van der Waals surface area contributed by atoms with E-state index in [9.17, 15) is 9.59 Å². The number of nitrogens with one attached hydrogen (secondary N) is 1. The predicted molar refractivity (Wildman–Crippen MR) is 62.3 cm³/mol. The van der Waals surface area contributed by atoms with Gasteiger partial charge in [-0.15, -0.1) is 5.10 Å². The van der Waals surface area contributed by atoms with Gasteiger partial charge < -0.3 is 9.84 Å². The standard InChI is InChI=1S/C9H15N3O4S/c1-3-12-8(15)10-11-9(12)17-5-6(7(13)14)16-4-2/h6H,3-5H2,1-2H3,(H,10,15)(H,13,14). The minimum absolute atomic E-state index is 0.216. The van der Waals surface area contributed by atoms with Crippen molar-refractivity contribution in [2.75, 3.05) is 12.4 Å². The summed E-state index contributed by atoms with van der Waals surface area (Å²) in [7, 11) is 0. The number of carboxylic acid groups (broad SMARTS) is 1. The molecule has 17 heavy (non-hydrogen) atoms. The Bertz CT molecular complexity index is 428. The Labute approximate surface area is 102 Å². The summed E-state index contributed by atoms with van der Waals surface area (Å²) in [6.45, 7) is 4.37. The maximum absolute atomic E-state index is 11.3. The molecule has 7 nitrogen and oxygen atoms in total. The van der Waals surface area contributed by atoms with E-state index < -0.39 is 12.1 Å². The number of ether oxygens (including phenoxy) is 1. The molecule has 1 aromatic heterocycles. The molecule has 1 unspecified atom stereocenters. The van der Waals surface area contributed by atoms with Crippen LogP contribution in [0.25, 0.3) is 0 Å². The molecule has 0 amide bonds. The molecule has 1 heterocycles. The molecule has 0 aliphatic heterocycles. The van der Waals surface area contributed by atoms with Crippen LogP contribution in [0.5, 0.6) is 0 Å². The smallest absolute Gasteiger partial charge is 0.343 e. The summed E-state index contributed by atoms with van der Waals surface area (Å²) in [5.74, 6) is -0.798. The molecule has 0 aromatic carbocycles. The van der Waals surface area contributed by atoms with Gasteiger partial charge in [-0.2, -0.15) is 0 Å². The van der Waals surface area contributed by atoms with Crippen molar-refractivity contribution in [3.63, 3.8) is 0 Å². The van der Waals surface area contributed by atoms with Gasteiger partial charge in [0.2, 0.25) is 0 Å². The van der Waals surface area contributed by atoms with Gasteiger partial charge in [0.1, 0.15) is 0 Å². The Hall–Kier alpha value is -1.28. The highest BCUT2D eigenvalue weighted by Gasteiger charge is 2.19. The van der Waals surface area contributed by atoms with Crippen molar-refractivity contribution in [1.82, 2.24) is 14.8 Å². The highest BCUT2D eigenvalue weighted by molar-refractivity contribution is 7.99. The molecule has 2 N–H and O–H groups in total. The topological polar surface area (TPSA) is 97.2 Å². The number of hydrogen-bond donors (Lipinski definition) is 2. The van der Waals surface area contributed by atoms with Crippen molar-refractivity contribution < 1.29 is 14.6 Å². The zero-order valence-corrected chi connectivity index (χ0v) is 10.5. The molecule has 1 aromatic rings. The summed E-state index contributed by atoms with van der Waals surface area (Å²) < 4.78 is 6.50. The Morgan fingerprint density at radius 1 is 1.65 bits per heavy atom. The first kappa shape index (κ1) is 13.8. The first-order valence-corrected chi connectivity index (χ1v) is 6.21. The second kappa shape index (κ2) is 6.45. The van der Waals surface area contributed by atoms with E-state index in [4.69, 9.17) is 9.84 Å². The van der Waals surface area contributed by atoms with Crippen molar-refractivity contribution in [2.24, 2.45) is 0 Å². The molecule has 0 aliphatic carbocycles. The summed E-state index contributed by atoms with van der Waals surface area (Å²) in [6, 6.07) is 0. The fraction of sp³-hybridized carbons (Fsp3) is 0.667. The van der Waals surface area contributed by atoms with E-state index in [-0.39, 0.29) is 11.4 Å². The third kappa shape index (κ3) is 3.60. The Kier molecular flexibility index (Phi) is 5.23. The molecule has 0 fully saturated rings. The van der Waals surface area contributed by atoms with E-state index in [1.54, 1.807) is 6.92 Å². The molecule has 1 rings (SSSR count). The summed E-state index contributed by atoms with van der Waals surface area (Å²) in [6.07, 6.45) is -0.887. The number of hydrogen-bond acceptors (Lipinski definition) is 5. The lowest BCUT2D eigenvalue weighted by atomic mass is 10.4. The van der Waals surface area contributed by atoms with Crippen molar-refractivity contribution >= 4 is 17.7 Å². The van der Waals surface area contributed by atoms with E-state index in [2.05, 4.69) is 10.2 Å². The van der Waals surface area contributed by atoms with Crippen LogP contribution in [0.2, 0.25) is 0 Å². The molecule has 0 bridgehead atoms. The van der Waals surface area contributed by atoms with Crippen LogP contribution in [0.15, 0.2) is 9.95 Å². The summed E-state index contributed by atoms with van der Waals surface area (Å²) in [4.78, 5) is 22.1. The van der Waals surface area contributed by atoms with Crippen molar-refractivity contribution in [2.45, 2.75) is 31.7 Å². The number of thioether (sulfide) groups is 1. The van der Waals surface area contributed by atoms with E-state index in [0.29, 0.717) is 18.3 Å². The van der Waals surface area contributed by atoms with Crippen LogP contribution >= 0.6 is 11.8 Å². The minimum Gasteiger partial charge on any atom is -0.479 e. The monoisotopic (exact) mass is 261 g/mol. The Balaban J connectivity index is 2.65. The number of carbonyl (C=O) groups is 1. The minimum atomic E-state index is -1.01. The maximum atomic E-state index is 11.3. The van der Waals surface area contributed by atoms with Gasteiger partial charge in [0.15, 0.2) is 11.3 Å². The highest BCUT2D eigenvalue weighted by Crippen LogP contribution is 2.15. The highest BCUT2D eigenvalue weighted by atomic mass is 32.2. The summed E-state index contributed by atoms with van der Waals surface area (Å²) in [5.41, 5.74) is -0.293. The second-order valence-corrected chi connectivity index (χ2v) is 4.14. The molecular weight excluding hydrogens is 246 g/mol. The second-order valence-electron chi connectivity index (χ2n) is 3.15. The zero-order chi connectivity index (χ0) is 12.8. The zero-order valence-electron chi connectivity index (χ0n) is 9.67. The quantitative estimate of drug-likeness (QED) is 0.679. The number of nitrogens with zero attached hydrogens (tertiary/aromatic N) is 2. The van der Waals surface area contributed by atoms with Gasteiger partial charge in [-0.05, 0) is 13.8 Å². The molecule has 0 aliphatic rings. The number of carboxylic acids is 1. The van der Waals surface area contributed by atoms with E-state index in [1.165, 1.54) is 16.3 Å². The van der Waals surface area contributed by atoms with Gasteiger partial charge in [-0.1, -0.05) is 11.8 Å². The number of aliphatic carboxylic acids is 1. The molecule has 96 valence electrons. The van der Waals surface area contributed by atoms with Crippen molar-refractivity contribution in [1.29, 1.82) is 0 Å². The van der Waals surface area contributed by atoms with Crippen molar-refractivity contribution in [3.8, 4) is 0 Å². The molecule has 1 atom stereocenters. The lowest BCUT2D eigenvalue weighted by Gasteiger charge is -2.11. The molecule has 8 heteroatoms. The fourth-order valence-corrected chi connectivity index (χ4v) is 2.25. The summed E-state index contributed by atoms with van der Waals surface area (Å²) >= 11 is 1.18. The largest absolute Gasteiger partial charge is 0.479 e. The first-order valence-electron chi connectivity index (χ1n) is 5.22. The molecular formula is C9H15N3O4S. The number of rotatable bonds is 7. The van der Waals surface area contributed by atoms with Crippen LogP contribution in [0, 0.1) is 0 Å². The molecule has 0 saturated heterocycles. The first-order chi connectivity index (χ1) is 8.10. The Morgan fingerprint density at radius 2 is 2.35 bits per heavy atom. The van der Waals surface area contributed by atoms with E-state index in [0.717, 1.165) is 0 Å². The molecule has 0 saturated carbocycles. The third-order valence-corrected chi connectivity index (χ3v) is 3.09. The van der Waals surface area contributed by atoms with Gasteiger partial charge in [0, 0.05) is 18.9 Å². The van der Waals surface area contributed by atoms with Crippen LogP contribution < -0.4 is 5.69 Å². The molecule has 0 spiro atoms. The average molecular weight is 261 g/mol. The number of aromatic amines is 1. The predicted octanol–water partition coefficient (Wildman–Crippen LogP) is 0.173. The van der Waals surface area contributed by atoms with E-state index >= 15 is 0 Å². The summed E-state index contributed by atoms with van der Waals surface area (Å²) in [5, 5.41) is 15.5.